The zero-order valence-corrected chi connectivity index (χ0v) is 22.5. The van der Waals surface area contributed by atoms with Crippen LogP contribution in [0.1, 0.15) is 51.6 Å². The lowest BCUT2D eigenvalue weighted by molar-refractivity contribution is -0.123. The first-order valence-electron chi connectivity index (χ1n) is 12.6. The van der Waals surface area contributed by atoms with Crippen LogP contribution in [0.2, 0.25) is 0 Å². The zero-order valence-electron chi connectivity index (χ0n) is 21.7. The van der Waals surface area contributed by atoms with Crippen LogP contribution in [0.4, 0.5) is 5.69 Å². The lowest BCUT2D eigenvalue weighted by Crippen LogP contribution is -2.51. The van der Waals surface area contributed by atoms with Crippen molar-refractivity contribution >= 4 is 21.6 Å². The van der Waals surface area contributed by atoms with Crippen molar-refractivity contribution in [3.63, 3.8) is 0 Å². The van der Waals surface area contributed by atoms with Crippen molar-refractivity contribution in [3.8, 4) is 17.2 Å². The molecule has 1 aliphatic heterocycles. The summed E-state index contributed by atoms with van der Waals surface area (Å²) in [4.78, 5) is 13.5. The highest BCUT2D eigenvalue weighted by atomic mass is 32.2. The summed E-state index contributed by atoms with van der Waals surface area (Å²) in [6.45, 7) is 5.76. The Labute approximate surface area is 219 Å². The SMILES string of the molecule is CCC1(CC)CC(NC(=O)C(C)N(c2ccc(Oc3ccccc3)cc2)S(C)(=O)=O)c2ccccc2O1. The molecule has 0 bridgehead atoms. The summed E-state index contributed by atoms with van der Waals surface area (Å²) in [6.07, 6.45) is 3.31. The third kappa shape index (κ3) is 5.91. The highest BCUT2D eigenvalue weighted by Crippen LogP contribution is 2.42. The average molecular weight is 523 g/mol. The summed E-state index contributed by atoms with van der Waals surface area (Å²) >= 11 is 0. The standard InChI is InChI=1S/C29H34N2O5S/c1-5-29(6-2)20-26(25-14-10-11-15-27(25)36-29)30-28(32)21(3)31(37(4,33)34)22-16-18-24(19-17-22)35-23-12-8-7-9-13-23/h7-19,21,26H,5-6,20H2,1-4H3,(H,30,32). The average Bonchev–Trinajstić information content (AvgIpc) is 2.89. The van der Waals surface area contributed by atoms with Gasteiger partial charge in [-0.2, -0.15) is 0 Å². The lowest BCUT2D eigenvalue weighted by Gasteiger charge is -2.42. The molecule has 7 nitrogen and oxygen atoms in total. The number of amides is 1. The molecule has 0 spiro atoms. The summed E-state index contributed by atoms with van der Waals surface area (Å²) in [6, 6.07) is 22.4. The summed E-state index contributed by atoms with van der Waals surface area (Å²) in [7, 11) is -3.76. The number of benzene rings is 3. The van der Waals surface area contributed by atoms with E-state index in [1.165, 1.54) is 0 Å². The minimum absolute atomic E-state index is 0.289. The van der Waals surface area contributed by atoms with Crippen LogP contribution in [0.5, 0.6) is 17.2 Å². The molecule has 1 N–H and O–H groups in total. The molecule has 8 heteroatoms. The normalized spacial score (nSPS) is 17.1. The predicted octanol–water partition coefficient (Wildman–Crippen LogP) is 5.83. The molecule has 4 rings (SSSR count). The Hall–Kier alpha value is -3.52. The highest BCUT2D eigenvalue weighted by molar-refractivity contribution is 7.92. The molecule has 1 aliphatic rings. The minimum Gasteiger partial charge on any atom is -0.487 e. The topological polar surface area (TPSA) is 84.9 Å². The molecule has 1 amide bonds. The zero-order chi connectivity index (χ0) is 26.6. The fourth-order valence-corrected chi connectivity index (χ4v) is 5.99. The number of sulfonamides is 1. The van der Waals surface area contributed by atoms with Crippen molar-refractivity contribution in [2.75, 3.05) is 10.6 Å². The van der Waals surface area contributed by atoms with E-state index in [0.717, 1.165) is 34.7 Å². The number of anilines is 1. The van der Waals surface area contributed by atoms with Crippen LogP contribution in [-0.4, -0.2) is 32.2 Å². The van der Waals surface area contributed by atoms with Crippen molar-refractivity contribution in [2.45, 2.75) is 57.7 Å². The summed E-state index contributed by atoms with van der Waals surface area (Å²) in [5, 5.41) is 3.11. The van der Waals surface area contributed by atoms with Gasteiger partial charge in [-0.3, -0.25) is 9.10 Å². The number of rotatable bonds is 9. The maximum absolute atomic E-state index is 13.5. The van der Waals surface area contributed by atoms with Crippen LogP contribution < -0.4 is 19.1 Å². The van der Waals surface area contributed by atoms with E-state index in [4.69, 9.17) is 9.47 Å². The van der Waals surface area contributed by atoms with Gasteiger partial charge in [-0.25, -0.2) is 8.42 Å². The van der Waals surface area contributed by atoms with Gasteiger partial charge in [0.05, 0.1) is 18.0 Å². The van der Waals surface area contributed by atoms with Gasteiger partial charge in [-0.05, 0) is 62.2 Å². The number of nitrogens with zero attached hydrogens (tertiary/aromatic N) is 1. The first-order valence-corrected chi connectivity index (χ1v) is 14.4. The molecule has 0 saturated carbocycles. The number of carbonyl (C=O) groups excluding carboxylic acids is 1. The molecule has 0 aliphatic carbocycles. The molecule has 2 atom stereocenters. The predicted molar refractivity (Wildman–Crippen MR) is 146 cm³/mol. The molecule has 0 fully saturated rings. The number of hydrogen-bond acceptors (Lipinski definition) is 5. The van der Waals surface area contributed by atoms with Crippen LogP contribution in [0, 0.1) is 0 Å². The Morgan fingerprint density at radius 3 is 2.22 bits per heavy atom. The van der Waals surface area contributed by atoms with E-state index < -0.39 is 16.1 Å². The van der Waals surface area contributed by atoms with Gasteiger partial charge in [0.1, 0.15) is 28.9 Å². The minimum atomic E-state index is -3.76. The fraction of sp³-hybridized carbons (Fsp3) is 0.345. The second-order valence-corrected chi connectivity index (χ2v) is 11.3. The molecule has 0 aromatic heterocycles. The Bertz CT molecular complexity index is 1320. The first-order chi connectivity index (χ1) is 17.7. The Kier molecular flexibility index (Phi) is 7.78. The van der Waals surface area contributed by atoms with Gasteiger partial charge in [0.25, 0.3) is 0 Å². The molecule has 3 aromatic rings. The first kappa shape index (κ1) is 26.5. The van der Waals surface area contributed by atoms with Crippen LogP contribution in [0.3, 0.4) is 0 Å². The highest BCUT2D eigenvalue weighted by Gasteiger charge is 2.40. The largest absolute Gasteiger partial charge is 0.487 e. The van der Waals surface area contributed by atoms with E-state index in [1.807, 2.05) is 54.6 Å². The van der Waals surface area contributed by atoms with Crippen LogP contribution in [0.25, 0.3) is 0 Å². The second kappa shape index (κ2) is 10.8. The molecule has 37 heavy (non-hydrogen) atoms. The Morgan fingerprint density at radius 1 is 1.00 bits per heavy atom. The van der Waals surface area contributed by atoms with Gasteiger partial charge in [0, 0.05) is 12.0 Å². The van der Waals surface area contributed by atoms with E-state index >= 15 is 0 Å². The van der Waals surface area contributed by atoms with Crippen molar-refractivity contribution in [1.29, 1.82) is 0 Å². The number of hydrogen-bond donors (Lipinski definition) is 1. The van der Waals surface area contributed by atoms with E-state index in [2.05, 4.69) is 19.2 Å². The molecule has 3 aromatic carbocycles. The number of nitrogens with one attached hydrogen (secondary N) is 1. The maximum atomic E-state index is 13.5. The van der Waals surface area contributed by atoms with Gasteiger partial charge >= 0.3 is 0 Å². The van der Waals surface area contributed by atoms with Gasteiger partial charge in [0.2, 0.25) is 15.9 Å². The van der Waals surface area contributed by atoms with Gasteiger partial charge in [-0.15, -0.1) is 0 Å². The van der Waals surface area contributed by atoms with Crippen molar-refractivity contribution in [3.05, 3.63) is 84.4 Å². The van der Waals surface area contributed by atoms with Crippen LogP contribution in [0.15, 0.2) is 78.9 Å². The van der Waals surface area contributed by atoms with E-state index in [0.29, 0.717) is 23.6 Å². The van der Waals surface area contributed by atoms with Gasteiger partial charge < -0.3 is 14.8 Å². The van der Waals surface area contributed by atoms with Crippen molar-refractivity contribution in [1.82, 2.24) is 5.32 Å². The van der Waals surface area contributed by atoms with Crippen molar-refractivity contribution in [2.24, 2.45) is 0 Å². The summed E-state index contributed by atoms with van der Waals surface area (Å²) in [5.74, 6) is 1.62. The van der Waals surface area contributed by atoms with E-state index in [9.17, 15) is 13.2 Å². The number of carbonyl (C=O) groups is 1. The van der Waals surface area contributed by atoms with Crippen LogP contribution >= 0.6 is 0 Å². The van der Waals surface area contributed by atoms with E-state index in [-0.39, 0.29) is 17.6 Å². The van der Waals surface area contributed by atoms with Gasteiger partial charge in [0.15, 0.2) is 0 Å². The molecular weight excluding hydrogens is 488 g/mol. The maximum Gasteiger partial charge on any atom is 0.244 e. The third-order valence-corrected chi connectivity index (χ3v) is 8.20. The lowest BCUT2D eigenvalue weighted by atomic mass is 9.83. The van der Waals surface area contributed by atoms with Crippen LogP contribution in [-0.2, 0) is 14.8 Å². The molecule has 0 radical (unpaired) electrons. The quantitative estimate of drug-likeness (QED) is 0.382. The van der Waals surface area contributed by atoms with E-state index in [1.54, 1.807) is 31.2 Å². The monoisotopic (exact) mass is 522 g/mol. The summed E-state index contributed by atoms with van der Waals surface area (Å²) < 4.78 is 39.0. The van der Waals surface area contributed by atoms with Crippen molar-refractivity contribution < 1.29 is 22.7 Å². The Balaban J connectivity index is 1.56. The Morgan fingerprint density at radius 2 is 1.59 bits per heavy atom. The number of ether oxygens (including phenoxy) is 2. The number of fused-ring (bicyclic) bond motifs is 1. The molecular formula is C29H34N2O5S. The number of para-hydroxylation sites is 2. The molecule has 2 unspecified atom stereocenters. The second-order valence-electron chi connectivity index (χ2n) is 9.44. The molecule has 0 saturated heterocycles. The molecule has 196 valence electrons. The third-order valence-electron chi connectivity index (χ3n) is 6.96. The van der Waals surface area contributed by atoms with Gasteiger partial charge in [-0.1, -0.05) is 50.2 Å². The molecule has 1 heterocycles. The fourth-order valence-electron chi connectivity index (χ4n) is 4.82. The summed E-state index contributed by atoms with van der Waals surface area (Å²) in [5.41, 5.74) is 0.893. The smallest absolute Gasteiger partial charge is 0.244 e.